The maximum atomic E-state index is 9.34. The molecule has 0 spiro atoms. The lowest BCUT2D eigenvalue weighted by Gasteiger charge is -2.28. The zero-order valence-corrected chi connectivity index (χ0v) is 12.3. The van der Waals surface area contributed by atoms with E-state index < -0.39 is 11.8 Å². The first-order valence-electron chi connectivity index (χ1n) is 5.54. The number of para-hydroxylation sites is 1. The van der Waals surface area contributed by atoms with E-state index in [0.717, 1.165) is 10.2 Å². The minimum Gasteiger partial charge on any atom is -0.367 e. The molecule has 1 aromatic carbocycles. The normalized spacial score (nSPS) is 14.0. The lowest BCUT2D eigenvalue weighted by atomic mass is 9.99. The predicted molar refractivity (Wildman–Crippen MR) is 74.2 cm³/mol. The number of nitriles is 1. The van der Waals surface area contributed by atoms with Crippen molar-refractivity contribution in [1.29, 1.82) is 5.26 Å². The van der Waals surface area contributed by atoms with Gasteiger partial charge in [0.25, 0.3) is 0 Å². The summed E-state index contributed by atoms with van der Waals surface area (Å²) in [6.45, 7) is 1.82. The quantitative estimate of drug-likeness (QED) is 0.820. The molecular formula is C13H17BrN2O2. The Balaban J connectivity index is 2.84. The van der Waals surface area contributed by atoms with Gasteiger partial charge < -0.3 is 14.8 Å². The molecule has 98 valence electrons. The topological polar surface area (TPSA) is 54.3 Å². The van der Waals surface area contributed by atoms with Crippen molar-refractivity contribution in [3.05, 3.63) is 28.7 Å². The Kier molecular flexibility index (Phi) is 5.60. The lowest BCUT2D eigenvalue weighted by Crippen LogP contribution is -2.38. The van der Waals surface area contributed by atoms with Crippen molar-refractivity contribution >= 4 is 21.6 Å². The molecule has 1 unspecified atom stereocenters. The molecule has 0 aliphatic carbocycles. The van der Waals surface area contributed by atoms with Crippen LogP contribution in [0.15, 0.2) is 28.7 Å². The number of rotatable bonds is 6. The molecular weight excluding hydrogens is 296 g/mol. The highest BCUT2D eigenvalue weighted by atomic mass is 79.9. The third-order valence-corrected chi connectivity index (χ3v) is 3.32. The molecule has 0 aliphatic heterocycles. The minimum atomic E-state index is -0.763. The van der Waals surface area contributed by atoms with Crippen molar-refractivity contribution in [1.82, 2.24) is 0 Å². The van der Waals surface area contributed by atoms with E-state index >= 15 is 0 Å². The molecule has 4 nitrogen and oxygen atoms in total. The largest absolute Gasteiger partial charge is 0.367 e. The molecule has 0 heterocycles. The summed E-state index contributed by atoms with van der Waals surface area (Å²) < 4.78 is 11.2. The van der Waals surface area contributed by atoms with Crippen molar-refractivity contribution in [2.45, 2.75) is 25.2 Å². The van der Waals surface area contributed by atoms with E-state index in [1.165, 1.54) is 0 Å². The Hall–Kier alpha value is -1.09. The maximum Gasteiger partial charge on any atom is 0.160 e. The zero-order chi connectivity index (χ0) is 13.6. The number of ether oxygens (including phenoxy) is 2. The van der Waals surface area contributed by atoms with Crippen LogP contribution in [-0.4, -0.2) is 26.0 Å². The molecule has 0 radical (unpaired) electrons. The van der Waals surface area contributed by atoms with Crippen molar-refractivity contribution in [3.8, 4) is 6.07 Å². The average molecular weight is 313 g/mol. The van der Waals surface area contributed by atoms with Crippen LogP contribution in [0.25, 0.3) is 0 Å². The molecule has 1 atom stereocenters. The highest BCUT2D eigenvalue weighted by Gasteiger charge is 2.28. The molecule has 0 saturated heterocycles. The Bertz CT molecular complexity index is 429. The molecule has 0 fully saturated rings. The number of methoxy groups -OCH3 is 2. The first-order chi connectivity index (χ1) is 8.54. The third-order valence-electron chi connectivity index (χ3n) is 2.63. The first-order valence-corrected chi connectivity index (χ1v) is 6.33. The van der Waals surface area contributed by atoms with Gasteiger partial charge in [-0.1, -0.05) is 12.1 Å². The van der Waals surface area contributed by atoms with Crippen LogP contribution < -0.4 is 5.32 Å². The second kappa shape index (κ2) is 6.74. The Labute approximate surface area is 116 Å². The predicted octanol–water partition coefficient (Wildman–Crippen LogP) is 3.15. The summed E-state index contributed by atoms with van der Waals surface area (Å²) in [6.07, 6.45) is 0.0160. The van der Waals surface area contributed by atoms with Gasteiger partial charge in [-0.25, -0.2) is 0 Å². The molecule has 0 aliphatic rings. The number of hydrogen-bond acceptors (Lipinski definition) is 4. The Morgan fingerprint density at radius 2 is 2.00 bits per heavy atom. The fourth-order valence-electron chi connectivity index (χ4n) is 1.58. The van der Waals surface area contributed by atoms with Crippen LogP contribution in [0, 0.1) is 11.3 Å². The fraction of sp³-hybridized carbons (Fsp3) is 0.462. The van der Waals surface area contributed by atoms with E-state index in [4.69, 9.17) is 9.47 Å². The summed E-state index contributed by atoms with van der Waals surface area (Å²) >= 11 is 3.44. The van der Waals surface area contributed by atoms with Crippen LogP contribution in [0.3, 0.4) is 0 Å². The number of anilines is 1. The van der Waals surface area contributed by atoms with Crippen LogP contribution in [0.1, 0.15) is 13.3 Å². The van der Waals surface area contributed by atoms with E-state index in [-0.39, 0.29) is 0 Å². The van der Waals surface area contributed by atoms with Crippen LogP contribution in [0.5, 0.6) is 0 Å². The molecule has 0 bridgehead atoms. The molecule has 18 heavy (non-hydrogen) atoms. The van der Waals surface area contributed by atoms with E-state index in [0.29, 0.717) is 6.42 Å². The van der Waals surface area contributed by atoms with Crippen molar-refractivity contribution in [3.63, 3.8) is 0 Å². The van der Waals surface area contributed by atoms with Gasteiger partial charge in [0.05, 0.1) is 6.07 Å². The van der Waals surface area contributed by atoms with Gasteiger partial charge in [0.1, 0.15) is 5.54 Å². The monoisotopic (exact) mass is 312 g/mol. The van der Waals surface area contributed by atoms with E-state index in [1.54, 1.807) is 14.2 Å². The fourth-order valence-corrected chi connectivity index (χ4v) is 1.96. The molecule has 1 N–H and O–H groups in total. The highest BCUT2D eigenvalue weighted by molar-refractivity contribution is 9.10. The first kappa shape index (κ1) is 15.0. The average Bonchev–Trinajstić information content (AvgIpc) is 2.39. The Morgan fingerprint density at radius 1 is 1.39 bits per heavy atom. The van der Waals surface area contributed by atoms with Crippen molar-refractivity contribution in [2.24, 2.45) is 0 Å². The smallest absolute Gasteiger partial charge is 0.160 e. The van der Waals surface area contributed by atoms with Gasteiger partial charge in [-0.15, -0.1) is 0 Å². The summed E-state index contributed by atoms with van der Waals surface area (Å²) in [5, 5.41) is 12.5. The van der Waals surface area contributed by atoms with Gasteiger partial charge in [-0.3, -0.25) is 0 Å². The zero-order valence-electron chi connectivity index (χ0n) is 10.7. The summed E-state index contributed by atoms with van der Waals surface area (Å²) in [5.41, 5.74) is 0.105. The second-order valence-electron chi connectivity index (χ2n) is 4.15. The highest BCUT2D eigenvalue weighted by Crippen LogP contribution is 2.27. The number of nitrogens with zero attached hydrogens (tertiary/aromatic N) is 1. The van der Waals surface area contributed by atoms with Crippen LogP contribution >= 0.6 is 15.9 Å². The lowest BCUT2D eigenvalue weighted by molar-refractivity contribution is -0.110. The Morgan fingerprint density at radius 3 is 2.50 bits per heavy atom. The van der Waals surface area contributed by atoms with Gasteiger partial charge >= 0.3 is 0 Å². The van der Waals surface area contributed by atoms with E-state index in [9.17, 15) is 5.26 Å². The minimum absolute atomic E-state index is 0.412. The van der Waals surface area contributed by atoms with Gasteiger partial charge in [-0.05, 0) is 35.0 Å². The van der Waals surface area contributed by atoms with Crippen molar-refractivity contribution in [2.75, 3.05) is 19.5 Å². The van der Waals surface area contributed by atoms with Crippen LogP contribution in [0.4, 0.5) is 5.69 Å². The summed E-state index contributed by atoms with van der Waals surface area (Å²) in [5.74, 6) is 0. The van der Waals surface area contributed by atoms with Gasteiger partial charge in [0, 0.05) is 30.8 Å². The van der Waals surface area contributed by atoms with E-state index in [1.807, 2.05) is 31.2 Å². The molecule has 0 amide bonds. The SMILES string of the molecule is COC(CC(C)(C#N)Nc1ccccc1Br)OC. The number of benzene rings is 1. The molecule has 1 rings (SSSR count). The third kappa shape index (κ3) is 3.98. The van der Waals surface area contributed by atoms with Crippen LogP contribution in [-0.2, 0) is 9.47 Å². The number of nitrogens with one attached hydrogen (secondary N) is 1. The standard InChI is InChI=1S/C13H17BrN2O2/c1-13(9-15,8-12(17-2)18-3)16-11-7-5-4-6-10(11)14/h4-7,12,16H,8H2,1-3H3. The van der Waals surface area contributed by atoms with Gasteiger partial charge in [0.2, 0.25) is 0 Å². The van der Waals surface area contributed by atoms with Gasteiger partial charge in [-0.2, -0.15) is 5.26 Å². The summed E-state index contributed by atoms with van der Waals surface area (Å²) in [4.78, 5) is 0. The molecule has 1 aromatic rings. The summed E-state index contributed by atoms with van der Waals surface area (Å²) in [7, 11) is 3.12. The molecule has 5 heteroatoms. The number of halogens is 1. The van der Waals surface area contributed by atoms with E-state index in [2.05, 4.69) is 27.3 Å². The van der Waals surface area contributed by atoms with Crippen LogP contribution in [0.2, 0.25) is 0 Å². The van der Waals surface area contributed by atoms with Crippen molar-refractivity contribution < 1.29 is 9.47 Å². The van der Waals surface area contributed by atoms with Gasteiger partial charge in [0.15, 0.2) is 6.29 Å². The molecule has 0 saturated carbocycles. The second-order valence-corrected chi connectivity index (χ2v) is 5.01. The summed E-state index contributed by atoms with van der Waals surface area (Å²) in [6, 6.07) is 9.93. The number of hydrogen-bond donors (Lipinski definition) is 1. The maximum absolute atomic E-state index is 9.34. The molecule has 0 aromatic heterocycles.